The fourth-order valence-electron chi connectivity index (χ4n) is 9.72. The molecular formula is C60H120N2O6S2. The quantitative estimate of drug-likeness (QED) is 0.0438. The second kappa shape index (κ2) is 55.0. The molecule has 0 fully saturated rings. The van der Waals surface area contributed by atoms with Gasteiger partial charge >= 0.3 is 0 Å². The zero-order chi connectivity index (χ0) is 51.4. The van der Waals surface area contributed by atoms with Crippen molar-refractivity contribution in [2.75, 3.05) is 50.8 Å². The molecule has 0 aliphatic heterocycles. The maximum atomic E-state index is 12.8. The van der Waals surface area contributed by atoms with E-state index < -0.39 is 0 Å². The first-order chi connectivity index (χ1) is 34.1. The third-order valence-electron chi connectivity index (χ3n) is 14.2. The van der Waals surface area contributed by atoms with Gasteiger partial charge in [-0.2, -0.15) is 0 Å². The van der Waals surface area contributed by atoms with Crippen molar-refractivity contribution < 1.29 is 30.0 Å². The van der Waals surface area contributed by atoms with E-state index in [0.29, 0.717) is 26.2 Å². The van der Waals surface area contributed by atoms with Crippen molar-refractivity contribution in [3.63, 3.8) is 0 Å². The van der Waals surface area contributed by atoms with E-state index in [0.717, 1.165) is 102 Å². The first-order valence-corrected chi connectivity index (χ1v) is 32.6. The van der Waals surface area contributed by atoms with Gasteiger partial charge in [0.2, 0.25) is 0 Å². The minimum absolute atomic E-state index is 0.0825. The molecule has 0 aromatic rings. The lowest BCUT2D eigenvalue weighted by Gasteiger charge is -2.27. The molecule has 418 valence electrons. The topological polar surface area (TPSA) is 122 Å². The summed E-state index contributed by atoms with van der Waals surface area (Å²) >= 11 is 2.69. The van der Waals surface area contributed by atoms with E-state index in [1.807, 2.05) is 0 Å². The van der Waals surface area contributed by atoms with E-state index >= 15 is 0 Å². The van der Waals surface area contributed by atoms with Gasteiger partial charge in [-0.1, -0.05) is 257 Å². The van der Waals surface area contributed by atoms with Gasteiger partial charge in [-0.05, 0) is 64.5 Å². The van der Waals surface area contributed by atoms with Crippen molar-refractivity contribution in [2.24, 2.45) is 0 Å². The minimum atomic E-state index is -0.377. The summed E-state index contributed by atoms with van der Waals surface area (Å²) in [7, 11) is 0. The molecule has 0 aromatic carbocycles. The Kier molecular flexibility index (Phi) is 54.9. The van der Waals surface area contributed by atoms with Gasteiger partial charge in [-0.25, -0.2) is 0 Å². The standard InChI is InChI=1S/C60H120N2O6S2/c1-5-9-13-17-21-25-29-33-41-55(63)51-61(52-56(64)42-34-30-26-22-18-14-10-6-2)47-37-39-49-69-59(67)45-46-60(68)70-50-40-38-48-62(53-57(65)43-35-31-27-23-19-15-11-7-3)54-58(66)44-36-32-28-24-20-16-12-8-4/h55-58,63-66H,5-54H2,1-4H3. The van der Waals surface area contributed by atoms with E-state index in [1.54, 1.807) is 0 Å². The first-order valence-electron chi connectivity index (χ1n) is 30.6. The lowest BCUT2D eigenvalue weighted by Crippen LogP contribution is -2.38. The van der Waals surface area contributed by atoms with Crippen molar-refractivity contribution in [3.8, 4) is 0 Å². The van der Waals surface area contributed by atoms with E-state index in [4.69, 9.17) is 0 Å². The lowest BCUT2D eigenvalue weighted by atomic mass is 10.0. The molecule has 8 nitrogen and oxygen atoms in total. The highest BCUT2D eigenvalue weighted by atomic mass is 32.2. The summed E-state index contributed by atoms with van der Waals surface area (Å²) in [6.45, 7) is 13.0. The number of thioether (sulfide) groups is 2. The van der Waals surface area contributed by atoms with Crippen molar-refractivity contribution >= 4 is 33.8 Å². The van der Waals surface area contributed by atoms with Crippen LogP contribution < -0.4 is 0 Å². The number of unbranched alkanes of at least 4 members (excludes halogenated alkanes) is 30. The Balaban J connectivity index is 4.67. The van der Waals surface area contributed by atoms with Gasteiger partial charge in [-0.3, -0.25) is 19.4 Å². The molecule has 0 aliphatic carbocycles. The lowest BCUT2D eigenvalue weighted by molar-refractivity contribution is -0.115. The average Bonchev–Trinajstić information content (AvgIpc) is 3.33. The highest BCUT2D eigenvalue weighted by Gasteiger charge is 2.18. The third kappa shape index (κ3) is 51.3. The van der Waals surface area contributed by atoms with Crippen LogP contribution in [0.25, 0.3) is 0 Å². The van der Waals surface area contributed by atoms with Crippen molar-refractivity contribution in [2.45, 2.75) is 322 Å². The highest BCUT2D eigenvalue weighted by Crippen LogP contribution is 2.19. The summed E-state index contributed by atoms with van der Waals surface area (Å²) in [5, 5.41) is 44.1. The van der Waals surface area contributed by atoms with Crippen LogP contribution in [0.2, 0.25) is 0 Å². The van der Waals surface area contributed by atoms with Crippen molar-refractivity contribution in [1.29, 1.82) is 0 Å². The Bertz CT molecular complexity index is 952. The number of hydrogen-bond acceptors (Lipinski definition) is 10. The molecule has 4 unspecified atom stereocenters. The van der Waals surface area contributed by atoms with Gasteiger partial charge < -0.3 is 20.4 Å². The first kappa shape index (κ1) is 69.8. The molecule has 0 heterocycles. The predicted octanol–water partition coefficient (Wildman–Crippen LogP) is 16.0. The molecule has 4 N–H and O–H groups in total. The van der Waals surface area contributed by atoms with E-state index in [-0.39, 0.29) is 47.5 Å². The maximum Gasteiger partial charge on any atom is 0.189 e. The van der Waals surface area contributed by atoms with E-state index in [2.05, 4.69) is 37.5 Å². The van der Waals surface area contributed by atoms with Crippen LogP contribution in [-0.4, -0.2) is 116 Å². The molecule has 0 radical (unpaired) electrons. The second-order valence-electron chi connectivity index (χ2n) is 21.5. The third-order valence-corrected chi connectivity index (χ3v) is 16.3. The van der Waals surface area contributed by atoms with E-state index in [9.17, 15) is 30.0 Å². The van der Waals surface area contributed by atoms with Crippen LogP contribution in [0.15, 0.2) is 0 Å². The average molecular weight is 1030 g/mol. The monoisotopic (exact) mass is 1030 g/mol. The van der Waals surface area contributed by atoms with Crippen molar-refractivity contribution in [3.05, 3.63) is 0 Å². The number of carbonyl (C=O) groups excluding carboxylic acids is 2. The zero-order valence-corrected chi connectivity index (χ0v) is 48.6. The Hall–Kier alpha value is -0.200. The largest absolute Gasteiger partial charge is 0.392 e. The summed E-state index contributed by atoms with van der Waals surface area (Å²) in [6.07, 6.45) is 46.1. The van der Waals surface area contributed by atoms with Gasteiger partial charge in [0.15, 0.2) is 10.2 Å². The Morgan fingerprint density at radius 2 is 0.529 bits per heavy atom. The molecule has 0 saturated heterocycles. The van der Waals surface area contributed by atoms with Gasteiger partial charge in [0.05, 0.1) is 24.4 Å². The summed E-state index contributed by atoms with van der Waals surface area (Å²) in [5.74, 6) is 1.46. The molecule has 0 spiro atoms. The number of aliphatic hydroxyl groups is 4. The highest BCUT2D eigenvalue weighted by molar-refractivity contribution is 8.14. The fraction of sp³-hybridized carbons (Fsp3) is 0.967. The number of nitrogens with zero attached hydrogens (tertiary/aromatic N) is 2. The van der Waals surface area contributed by atoms with Gasteiger partial charge in [0.25, 0.3) is 0 Å². The van der Waals surface area contributed by atoms with Crippen LogP contribution in [0.5, 0.6) is 0 Å². The molecule has 0 saturated carbocycles. The van der Waals surface area contributed by atoms with Crippen LogP contribution in [0.3, 0.4) is 0 Å². The van der Waals surface area contributed by atoms with Crippen molar-refractivity contribution in [1.82, 2.24) is 9.80 Å². The molecule has 70 heavy (non-hydrogen) atoms. The predicted molar refractivity (Wildman–Crippen MR) is 308 cm³/mol. The Morgan fingerprint density at radius 1 is 0.314 bits per heavy atom. The smallest absolute Gasteiger partial charge is 0.189 e. The van der Waals surface area contributed by atoms with Gasteiger partial charge in [-0.15, -0.1) is 0 Å². The van der Waals surface area contributed by atoms with Crippen LogP contribution in [-0.2, 0) is 9.59 Å². The van der Waals surface area contributed by atoms with Crippen LogP contribution in [0, 0.1) is 0 Å². The summed E-state index contributed by atoms with van der Waals surface area (Å²) in [4.78, 5) is 30.0. The summed E-state index contributed by atoms with van der Waals surface area (Å²) in [5.41, 5.74) is 0. The Labute approximate surface area is 444 Å². The Morgan fingerprint density at radius 3 is 0.757 bits per heavy atom. The van der Waals surface area contributed by atoms with Gasteiger partial charge in [0.1, 0.15) is 0 Å². The zero-order valence-electron chi connectivity index (χ0n) is 47.0. The second-order valence-corrected chi connectivity index (χ2v) is 23.8. The van der Waals surface area contributed by atoms with Gasteiger partial charge in [0, 0.05) is 50.5 Å². The van der Waals surface area contributed by atoms with E-state index in [1.165, 1.54) is 203 Å². The van der Waals surface area contributed by atoms with Crippen LogP contribution >= 0.6 is 23.5 Å². The summed E-state index contributed by atoms with van der Waals surface area (Å²) < 4.78 is 0. The molecule has 0 bridgehead atoms. The normalized spacial score (nSPS) is 13.7. The number of aliphatic hydroxyl groups excluding tert-OH is 4. The SMILES string of the molecule is CCCCCCCCCCC(O)CN(CCCCSC(=O)CCC(=O)SCCCCN(CC(O)CCCCCCCCCC)CC(O)CCCCCCCCCC)CC(O)CCCCCCCCCC. The number of rotatable bonds is 57. The van der Waals surface area contributed by atoms with Crippen LogP contribution in [0.4, 0.5) is 0 Å². The maximum absolute atomic E-state index is 12.8. The molecular weight excluding hydrogens is 909 g/mol. The van der Waals surface area contributed by atoms with Crippen LogP contribution in [0.1, 0.15) is 297 Å². The number of hydrogen-bond donors (Lipinski definition) is 4. The molecule has 0 aromatic heterocycles. The summed E-state index contributed by atoms with van der Waals surface area (Å²) in [6, 6.07) is 0. The molecule has 0 aliphatic rings. The molecule has 4 atom stereocenters. The molecule has 0 amide bonds. The molecule has 0 rings (SSSR count). The molecule has 10 heteroatoms. The number of carbonyl (C=O) groups is 2. The minimum Gasteiger partial charge on any atom is -0.392 e. The fourth-order valence-corrected chi connectivity index (χ4v) is 11.4.